The first-order chi connectivity index (χ1) is 28.8. The SMILES string of the molecule is CC(C)(C)c1ccc(N2c3cc(C(C)(C)C)cc4c3B(c3cc([Si](C)(C)C)ccc3N4c3ccc(C(C)(C)C)cc3-c3ccccc3)c3sc4c(c32)C(C)(C)CCC4(C)C)cc1. The van der Waals surface area contributed by atoms with Gasteiger partial charge in [0.25, 0.3) is 6.71 Å². The predicted octanol–water partition coefficient (Wildman–Crippen LogP) is 14.3. The zero-order valence-corrected chi connectivity index (χ0v) is 42.4. The third-order valence-electron chi connectivity index (χ3n) is 14.5. The standard InChI is InChI=1S/C57H69BN2SSi/c1-53(2,3)37-22-25-40(26-23-37)59-46-33-39(55(7,8)9)34-47-49(46)58(52-50(59)48-51(61-52)57(12,13)31-30-56(48,10)11)43-35-41(62(14,15)16)27-29-45(43)60(47)44-28-24-38(54(4,5)6)32-42(44)36-20-18-17-19-21-36/h17-29,32-35H,30-31H2,1-16H3. The minimum Gasteiger partial charge on any atom is -0.311 e. The van der Waals surface area contributed by atoms with E-state index in [9.17, 15) is 0 Å². The van der Waals surface area contributed by atoms with Gasteiger partial charge in [-0.25, -0.2) is 0 Å². The zero-order chi connectivity index (χ0) is 44.7. The second kappa shape index (κ2) is 14.1. The van der Waals surface area contributed by atoms with Gasteiger partial charge in [0, 0.05) is 38.0 Å². The maximum Gasteiger partial charge on any atom is 0.264 e. The Morgan fingerprint density at radius 1 is 0.565 bits per heavy atom. The molecule has 3 aliphatic rings. The van der Waals surface area contributed by atoms with Gasteiger partial charge in [0.15, 0.2) is 0 Å². The van der Waals surface area contributed by atoms with Crippen LogP contribution >= 0.6 is 11.3 Å². The number of thiophene rings is 1. The van der Waals surface area contributed by atoms with E-state index in [1.54, 1.807) is 10.4 Å². The molecule has 2 aliphatic heterocycles. The molecule has 62 heavy (non-hydrogen) atoms. The maximum absolute atomic E-state index is 2.73. The summed E-state index contributed by atoms with van der Waals surface area (Å²) in [6.45, 7) is 38.8. The number of nitrogens with zero attached hydrogens (tertiary/aromatic N) is 2. The van der Waals surface area contributed by atoms with Crippen molar-refractivity contribution in [2.75, 3.05) is 9.80 Å². The molecule has 9 rings (SSSR count). The zero-order valence-electron chi connectivity index (χ0n) is 40.6. The fourth-order valence-electron chi connectivity index (χ4n) is 10.4. The van der Waals surface area contributed by atoms with Gasteiger partial charge in [-0.05, 0) is 121 Å². The summed E-state index contributed by atoms with van der Waals surface area (Å²) < 4.78 is 1.51. The minimum absolute atomic E-state index is 0.00376. The Labute approximate surface area is 379 Å². The lowest BCUT2D eigenvalue weighted by Gasteiger charge is -2.46. The van der Waals surface area contributed by atoms with Gasteiger partial charge >= 0.3 is 0 Å². The molecule has 0 N–H and O–H groups in total. The number of rotatable bonds is 4. The van der Waals surface area contributed by atoms with Crippen molar-refractivity contribution in [1.29, 1.82) is 0 Å². The average Bonchev–Trinajstić information content (AvgIpc) is 3.61. The van der Waals surface area contributed by atoms with Crippen molar-refractivity contribution in [2.24, 2.45) is 0 Å². The molecule has 1 aliphatic carbocycles. The number of hydrogen-bond acceptors (Lipinski definition) is 3. The predicted molar refractivity (Wildman–Crippen MR) is 278 cm³/mol. The summed E-state index contributed by atoms with van der Waals surface area (Å²) in [4.78, 5) is 6.99. The van der Waals surface area contributed by atoms with E-state index in [2.05, 4.69) is 234 Å². The Bertz CT molecular complexity index is 2730. The van der Waals surface area contributed by atoms with Crippen molar-refractivity contribution in [3.63, 3.8) is 0 Å². The molecule has 1 aromatic heterocycles. The van der Waals surface area contributed by atoms with Crippen LogP contribution in [0.25, 0.3) is 11.1 Å². The van der Waals surface area contributed by atoms with Gasteiger partial charge in [-0.1, -0.05) is 176 Å². The number of benzene rings is 5. The van der Waals surface area contributed by atoms with Gasteiger partial charge in [0.05, 0.1) is 19.4 Å². The molecular weight excluding hydrogens is 784 g/mol. The monoisotopic (exact) mass is 853 g/mol. The first-order valence-electron chi connectivity index (χ1n) is 23.2. The molecular formula is C57H69BN2SSi. The van der Waals surface area contributed by atoms with E-state index in [0.717, 1.165) is 0 Å². The van der Waals surface area contributed by atoms with E-state index in [-0.39, 0.29) is 33.8 Å². The molecule has 5 heteroatoms. The van der Waals surface area contributed by atoms with Crippen molar-refractivity contribution in [3.05, 3.63) is 130 Å². The van der Waals surface area contributed by atoms with Crippen LogP contribution in [0, 0.1) is 0 Å². The summed E-state index contributed by atoms with van der Waals surface area (Å²) in [5.74, 6) is 0. The van der Waals surface area contributed by atoms with E-state index in [4.69, 9.17) is 0 Å². The van der Waals surface area contributed by atoms with Gasteiger partial charge in [-0.3, -0.25) is 0 Å². The van der Waals surface area contributed by atoms with E-state index in [0.29, 0.717) is 0 Å². The van der Waals surface area contributed by atoms with Crippen molar-refractivity contribution >= 4 is 81.1 Å². The highest BCUT2D eigenvalue weighted by molar-refractivity contribution is 7.29. The summed E-state index contributed by atoms with van der Waals surface area (Å²) in [7, 11) is -1.71. The lowest BCUT2D eigenvalue weighted by Crippen LogP contribution is -2.61. The normalized spacial score (nSPS) is 16.7. The molecule has 6 aromatic rings. The Morgan fingerprint density at radius 2 is 1.13 bits per heavy atom. The summed E-state index contributed by atoms with van der Waals surface area (Å²) in [5, 5.41) is 1.52. The molecule has 0 atom stereocenters. The van der Waals surface area contributed by atoms with Crippen molar-refractivity contribution in [1.82, 2.24) is 0 Å². The van der Waals surface area contributed by atoms with Gasteiger partial charge in [0.1, 0.15) is 0 Å². The Morgan fingerprint density at radius 3 is 1.73 bits per heavy atom. The van der Waals surface area contributed by atoms with Crippen LogP contribution in [0.1, 0.15) is 130 Å². The first kappa shape index (κ1) is 43.0. The van der Waals surface area contributed by atoms with Gasteiger partial charge in [-0.2, -0.15) is 11.3 Å². The molecule has 320 valence electrons. The van der Waals surface area contributed by atoms with Crippen LogP contribution < -0.4 is 30.7 Å². The fraction of sp³-hybridized carbons (Fsp3) is 0.404. The topological polar surface area (TPSA) is 6.48 Å². The summed E-state index contributed by atoms with van der Waals surface area (Å²) in [5.41, 5.74) is 19.0. The quantitative estimate of drug-likeness (QED) is 0.163. The van der Waals surface area contributed by atoms with Crippen LogP contribution in [-0.4, -0.2) is 14.8 Å². The highest BCUT2D eigenvalue weighted by atomic mass is 32.1. The third-order valence-corrected chi connectivity index (χ3v) is 18.1. The van der Waals surface area contributed by atoms with Crippen LogP contribution in [0.15, 0.2) is 103 Å². The molecule has 0 saturated heterocycles. The highest BCUT2D eigenvalue weighted by Gasteiger charge is 2.51. The molecule has 0 amide bonds. The Balaban J connectivity index is 1.46. The minimum atomic E-state index is -1.71. The van der Waals surface area contributed by atoms with Crippen LogP contribution in [0.3, 0.4) is 0 Å². The van der Waals surface area contributed by atoms with Crippen molar-refractivity contribution < 1.29 is 0 Å². The molecule has 5 aromatic carbocycles. The summed E-state index contributed by atoms with van der Waals surface area (Å²) >= 11 is 2.13. The molecule has 0 spiro atoms. The van der Waals surface area contributed by atoms with Crippen molar-refractivity contribution in [3.8, 4) is 11.1 Å². The Hall–Kier alpha value is -4.32. The van der Waals surface area contributed by atoms with Crippen LogP contribution in [-0.2, 0) is 27.1 Å². The van der Waals surface area contributed by atoms with E-state index < -0.39 is 8.07 Å². The van der Waals surface area contributed by atoms with Crippen LogP contribution in [0.4, 0.5) is 34.1 Å². The molecule has 0 bridgehead atoms. The van der Waals surface area contributed by atoms with E-state index in [1.807, 2.05) is 0 Å². The molecule has 2 nitrogen and oxygen atoms in total. The van der Waals surface area contributed by atoms with Crippen molar-refractivity contribution in [2.45, 2.75) is 150 Å². The summed E-state index contributed by atoms with van der Waals surface area (Å²) in [6, 6.07) is 40.8. The second-order valence-corrected chi connectivity index (χ2v) is 30.4. The third kappa shape index (κ3) is 6.96. The molecule has 0 radical (unpaired) electrons. The number of anilines is 6. The molecule has 0 saturated carbocycles. The highest BCUT2D eigenvalue weighted by Crippen LogP contribution is 2.57. The number of fused-ring (bicyclic) bond motifs is 6. The van der Waals surface area contributed by atoms with E-state index >= 15 is 0 Å². The Kier molecular flexibility index (Phi) is 9.76. The van der Waals surface area contributed by atoms with Gasteiger partial charge < -0.3 is 9.80 Å². The van der Waals surface area contributed by atoms with Gasteiger partial charge in [-0.15, -0.1) is 0 Å². The molecule has 0 fully saturated rings. The lowest BCUT2D eigenvalue weighted by atomic mass is 9.36. The van der Waals surface area contributed by atoms with E-state index in [1.165, 1.54) is 95.7 Å². The fourth-order valence-corrected chi connectivity index (χ4v) is 13.3. The maximum atomic E-state index is 2.73. The van der Waals surface area contributed by atoms with Crippen LogP contribution in [0.2, 0.25) is 19.6 Å². The van der Waals surface area contributed by atoms with Crippen LogP contribution in [0.5, 0.6) is 0 Å². The smallest absolute Gasteiger partial charge is 0.264 e. The number of hydrogen-bond donors (Lipinski definition) is 0. The second-order valence-electron chi connectivity index (χ2n) is 24.2. The first-order valence-corrected chi connectivity index (χ1v) is 27.5. The lowest BCUT2D eigenvalue weighted by molar-refractivity contribution is 0.339. The summed E-state index contributed by atoms with van der Waals surface area (Å²) in [6.07, 6.45) is 2.37. The average molecular weight is 853 g/mol. The molecule has 3 heterocycles. The largest absolute Gasteiger partial charge is 0.311 e. The molecule has 0 unspecified atom stereocenters. The van der Waals surface area contributed by atoms with Gasteiger partial charge in [0.2, 0.25) is 0 Å².